The number of nitrogens with zero attached hydrogens (tertiary/aromatic N) is 1. The Morgan fingerprint density at radius 3 is 2.06 bits per heavy atom. The molecule has 3 aromatic carbocycles. The van der Waals surface area contributed by atoms with E-state index in [-0.39, 0.29) is 28.0 Å². The molecule has 0 aliphatic carbocycles. The van der Waals surface area contributed by atoms with Gasteiger partial charge in [0.25, 0.3) is 0 Å². The molecule has 4 rings (SSSR count). The summed E-state index contributed by atoms with van der Waals surface area (Å²) in [5, 5.41) is 0. The number of benzene rings is 3. The molecule has 6 heteroatoms. The van der Waals surface area contributed by atoms with E-state index in [2.05, 4.69) is 16.0 Å². The molecule has 0 saturated carbocycles. The molecule has 31 heavy (non-hydrogen) atoms. The van der Waals surface area contributed by atoms with Gasteiger partial charge in [-0.3, -0.25) is 0 Å². The van der Waals surface area contributed by atoms with E-state index in [9.17, 15) is 13.2 Å². The topological polar surface area (TPSA) is 54.5 Å². The molecule has 0 bridgehead atoms. The standard InChI is InChI=1S/C25H24NO3SSe/c1-18-12-14-21(15-13-18)30(28,29)26-16-22(25(27)20-10-6-3-7-11-20)24(23(31)17-26)19-8-4-2-5-9-19/h2-15,22-24H,16-17H2,1H3/t22-,23+,24+/m0/s1. The van der Waals surface area contributed by atoms with Crippen molar-refractivity contribution in [3.8, 4) is 0 Å². The van der Waals surface area contributed by atoms with E-state index in [4.69, 9.17) is 0 Å². The summed E-state index contributed by atoms with van der Waals surface area (Å²) in [6, 6.07) is 25.9. The average Bonchev–Trinajstić information content (AvgIpc) is 2.79. The van der Waals surface area contributed by atoms with Crippen molar-refractivity contribution in [1.29, 1.82) is 0 Å². The first-order valence-corrected chi connectivity index (χ1v) is 12.7. The molecule has 3 aromatic rings. The summed E-state index contributed by atoms with van der Waals surface area (Å²) in [7, 11) is -3.70. The molecule has 1 radical (unpaired) electrons. The monoisotopic (exact) mass is 498 g/mol. The number of carbonyl (C=O) groups is 1. The van der Waals surface area contributed by atoms with Crippen LogP contribution in [0.1, 0.15) is 27.4 Å². The van der Waals surface area contributed by atoms with Gasteiger partial charge < -0.3 is 0 Å². The van der Waals surface area contributed by atoms with Gasteiger partial charge in [0.05, 0.1) is 0 Å². The Bertz CT molecular complexity index is 1150. The Morgan fingerprint density at radius 1 is 0.871 bits per heavy atom. The third kappa shape index (κ3) is 4.53. The predicted molar refractivity (Wildman–Crippen MR) is 123 cm³/mol. The predicted octanol–water partition coefficient (Wildman–Crippen LogP) is 4.24. The maximum absolute atomic E-state index is 13.5. The van der Waals surface area contributed by atoms with Crippen LogP contribution < -0.4 is 0 Å². The molecule has 4 nitrogen and oxygen atoms in total. The van der Waals surface area contributed by atoms with Crippen LogP contribution >= 0.6 is 0 Å². The zero-order chi connectivity index (χ0) is 22.0. The van der Waals surface area contributed by atoms with Gasteiger partial charge >= 0.3 is 193 Å². The van der Waals surface area contributed by atoms with Crippen LogP contribution in [0.5, 0.6) is 0 Å². The number of rotatable bonds is 5. The fourth-order valence-electron chi connectivity index (χ4n) is 4.22. The third-order valence-electron chi connectivity index (χ3n) is 5.86. The van der Waals surface area contributed by atoms with Crippen molar-refractivity contribution in [2.75, 3.05) is 13.1 Å². The number of Topliss-reactive ketones (excluding diaryl/α,β-unsaturated/α-hetero) is 1. The first kappa shape index (κ1) is 22.0. The quantitative estimate of drug-likeness (QED) is 0.392. The van der Waals surface area contributed by atoms with E-state index in [1.54, 1.807) is 36.4 Å². The second kappa shape index (κ2) is 9.09. The van der Waals surface area contributed by atoms with E-state index in [1.807, 2.05) is 55.5 Å². The van der Waals surface area contributed by atoms with Gasteiger partial charge in [-0.1, -0.05) is 0 Å². The van der Waals surface area contributed by atoms with Gasteiger partial charge in [0, 0.05) is 0 Å². The van der Waals surface area contributed by atoms with E-state index >= 15 is 0 Å². The van der Waals surface area contributed by atoms with Gasteiger partial charge in [-0.25, -0.2) is 0 Å². The zero-order valence-corrected chi connectivity index (χ0v) is 19.7. The normalized spacial score (nSPS) is 22.2. The molecule has 0 unspecified atom stereocenters. The number of piperidine rings is 1. The Hall–Kier alpha value is -2.24. The minimum atomic E-state index is -3.70. The average molecular weight is 497 g/mol. The number of ketones is 1. The van der Waals surface area contributed by atoms with Crippen LogP contribution in [-0.2, 0) is 10.0 Å². The van der Waals surface area contributed by atoms with Crippen molar-refractivity contribution in [2.24, 2.45) is 5.92 Å². The van der Waals surface area contributed by atoms with E-state index in [0.717, 1.165) is 11.1 Å². The zero-order valence-electron chi connectivity index (χ0n) is 17.2. The summed E-state index contributed by atoms with van der Waals surface area (Å²) in [6.07, 6.45) is 0. The van der Waals surface area contributed by atoms with Crippen molar-refractivity contribution in [3.05, 3.63) is 102 Å². The first-order chi connectivity index (χ1) is 14.9. The fourth-order valence-corrected chi connectivity index (χ4v) is 7.03. The number of carbonyl (C=O) groups excluding carboxylic acids is 1. The molecule has 1 aliphatic heterocycles. The Kier molecular flexibility index (Phi) is 6.44. The van der Waals surface area contributed by atoms with Crippen molar-refractivity contribution >= 4 is 31.8 Å². The molecule has 1 aliphatic rings. The summed E-state index contributed by atoms with van der Waals surface area (Å²) in [5.41, 5.74) is 2.66. The molecule has 0 spiro atoms. The molecular formula is C25H24NO3SSe. The molecule has 1 heterocycles. The summed E-state index contributed by atoms with van der Waals surface area (Å²) < 4.78 is 28.2. The summed E-state index contributed by atoms with van der Waals surface area (Å²) in [5.74, 6) is -0.609. The molecular weight excluding hydrogens is 473 g/mol. The Labute approximate surface area is 192 Å². The third-order valence-corrected chi connectivity index (χ3v) is 8.63. The van der Waals surface area contributed by atoms with Gasteiger partial charge in [0.15, 0.2) is 0 Å². The molecule has 0 aromatic heterocycles. The second-order valence-electron chi connectivity index (χ2n) is 7.95. The van der Waals surface area contributed by atoms with Gasteiger partial charge in [-0.05, 0) is 0 Å². The minimum absolute atomic E-state index is 0.0292. The van der Waals surface area contributed by atoms with E-state index < -0.39 is 15.9 Å². The van der Waals surface area contributed by atoms with Gasteiger partial charge in [-0.15, -0.1) is 0 Å². The van der Waals surface area contributed by atoms with E-state index in [1.165, 1.54) is 4.31 Å². The van der Waals surface area contributed by atoms with Crippen LogP contribution in [0.4, 0.5) is 0 Å². The molecule has 0 amide bonds. The van der Waals surface area contributed by atoms with Crippen LogP contribution in [0.15, 0.2) is 89.8 Å². The summed E-state index contributed by atoms with van der Waals surface area (Å²) in [4.78, 5) is 13.7. The van der Waals surface area contributed by atoms with Crippen molar-refractivity contribution in [2.45, 2.75) is 22.6 Å². The molecule has 1 fully saturated rings. The molecule has 1 saturated heterocycles. The second-order valence-corrected chi connectivity index (χ2v) is 11.2. The fraction of sp³-hybridized carbons (Fsp3) is 0.240. The van der Waals surface area contributed by atoms with E-state index in [0.29, 0.717) is 12.1 Å². The van der Waals surface area contributed by atoms with Crippen LogP contribution in [0.25, 0.3) is 0 Å². The molecule has 0 N–H and O–H groups in total. The van der Waals surface area contributed by atoms with Crippen LogP contribution in [0.2, 0.25) is 4.82 Å². The maximum atomic E-state index is 13.5. The summed E-state index contributed by atoms with van der Waals surface area (Å²) >= 11 is 3.17. The van der Waals surface area contributed by atoms with Crippen molar-refractivity contribution < 1.29 is 13.2 Å². The number of hydrogen-bond acceptors (Lipinski definition) is 3. The number of aryl methyl sites for hydroxylation is 1. The Morgan fingerprint density at radius 2 is 1.45 bits per heavy atom. The number of hydrogen-bond donors (Lipinski definition) is 0. The van der Waals surface area contributed by atoms with Crippen LogP contribution in [0.3, 0.4) is 0 Å². The molecule has 3 atom stereocenters. The van der Waals surface area contributed by atoms with Crippen LogP contribution in [-0.4, -0.2) is 47.6 Å². The first-order valence-electron chi connectivity index (χ1n) is 10.2. The SMILES string of the molecule is Cc1ccc(S(=O)(=O)N2C[C@@H]([Se])[C@H](c3ccccc3)[C@@H](C(=O)c3ccccc3)C2)cc1. The van der Waals surface area contributed by atoms with Crippen LogP contribution in [0, 0.1) is 12.8 Å². The van der Waals surface area contributed by atoms with Gasteiger partial charge in [0.1, 0.15) is 0 Å². The Balaban J connectivity index is 1.73. The van der Waals surface area contributed by atoms with Gasteiger partial charge in [0.2, 0.25) is 0 Å². The number of sulfonamides is 1. The van der Waals surface area contributed by atoms with Gasteiger partial charge in [-0.2, -0.15) is 0 Å². The summed E-state index contributed by atoms with van der Waals surface area (Å²) in [6.45, 7) is 2.41. The van der Waals surface area contributed by atoms with Crippen molar-refractivity contribution in [3.63, 3.8) is 0 Å². The molecule has 159 valence electrons. The van der Waals surface area contributed by atoms with Crippen molar-refractivity contribution in [1.82, 2.24) is 4.31 Å².